The molecule has 3 amide bonds. The molecule has 2 aromatic carbocycles. The quantitative estimate of drug-likeness (QED) is 0.140. The number of morpholine rings is 1. The molecule has 1 fully saturated rings. The first-order chi connectivity index (χ1) is 26.5. The molecule has 0 radical (unpaired) electrons. The zero-order valence-electron chi connectivity index (χ0n) is 34.2. The highest BCUT2D eigenvalue weighted by Gasteiger charge is 2.27. The molecule has 0 unspecified atom stereocenters. The van der Waals surface area contributed by atoms with E-state index in [1.807, 2.05) is 44.2 Å². The Bertz CT molecular complexity index is 1630. The number of nitrogens with zero attached hydrogens (tertiary/aromatic N) is 2. The van der Waals surface area contributed by atoms with Gasteiger partial charge in [0.15, 0.2) is 0 Å². The molecule has 11 heteroatoms. The van der Waals surface area contributed by atoms with Gasteiger partial charge in [0.2, 0.25) is 6.41 Å². The number of amides is 3. The number of ether oxygens (including phenoxy) is 2. The maximum atomic E-state index is 13.7. The van der Waals surface area contributed by atoms with Crippen LogP contribution in [0.3, 0.4) is 0 Å². The number of carbonyl (C=O) groups is 4. The molecule has 1 aliphatic carbocycles. The second-order valence-corrected chi connectivity index (χ2v) is 16.0. The molecular formula is C44H64N4O6S. The zero-order chi connectivity index (χ0) is 40.2. The van der Waals surface area contributed by atoms with Gasteiger partial charge in [-0.25, -0.2) is 0 Å². The minimum atomic E-state index is -0.260. The van der Waals surface area contributed by atoms with E-state index < -0.39 is 0 Å². The fourth-order valence-corrected chi connectivity index (χ4v) is 8.15. The molecule has 0 saturated carbocycles. The first kappa shape index (κ1) is 45.5. The highest BCUT2D eigenvalue weighted by molar-refractivity contribution is 7.17. The Hall–Kier alpha value is -3.90. The summed E-state index contributed by atoms with van der Waals surface area (Å²) in [5.74, 6) is -0.453. The van der Waals surface area contributed by atoms with Crippen molar-refractivity contribution >= 4 is 46.5 Å². The number of hydrogen-bond donors (Lipinski definition) is 2. The van der Waals surface area contributed by atoms with Crippen LogP contribution in [-0.2, 0) is 44.9 Å². The van der Waals surface area contributed by atoms with Crippen LogP contribution in [0.2, 0.25) is 0 Å². The van der Waals surface area contributed by atoms with E-state index >= 15 is 0 Å². The topological polar surface area (TPSA) is 117 Å². The Labute approximate surface area is 333 Å². The Morgan fingerprint density at radius 3 is 2.22 bits per heavy atom. The third-order valence-electron chi connectivity index (χ3n) is 9.97. The minimum absolute atomic E-state index is 0.0885. The summed E-state index contributed by atoms with van der Waals surface area (Å²) in [6, 6.07) is 15.6. The molecule has 3 aromatic rings. The molecule has 0 atom stereocenters. The Morgan fingerprint density at radius 1 is 0.945 bits per heavy atom. The summed E-state index contributed by atoms with van der Waals surface area (Å²) < 4.78 is 9.69. The molecule has 55 heavy (non-hydrogen) atoms. The third kappa shape index (κ3) is 14.6. The molecule has 0 spiro atoms. The van der Waals surface area contributed by atoms with E-state index in [4.69, 9.17) is 4.74 Å². The molecule has 10 nitrogen and oxygen atoms in total. The molecule has 1 aliphatic heterocycles. The highest BCUT2D eigenvalue weighted by Crippen LogP contribution is 2.39. The molecule has 1 saturated heterocycles. The first-order valence-electron chi connectivity index (χ1n) is 19.9. The minimum Gasteiger partial charge on any atom is -0.388 e. The van der Waals surface area contributed by atoms with Gasteiger partial charge in [-0.3, -0.25) is 19.3 Å². The average Bonchev–Trinajstić information content (AvgIpc) is 3.56. The molecule has 5 rings (SSSR count). The van der Waals surface area contributed by atoms with Gasteiger partial charge >= 0.3 is 0 Å². The van der Waals surface area contributed by atoms with Crippen molar-refractivity contribution in [2.45, 2.75) is 105 Å². The van der Waals surface area contributed by atoms with Crippen LogP contribution >= 0.6 is 11.3 Å². The van der Waals surface area contributed by atoms with Gasteiger partial charge in [-0.15, -0.1) is 11.3 Å². The van der Waals surface area contributed by atoms with Crippen molar-refractivity contribution in [2.75, 3.05) is 57.7 Å². The summed E-state index contributed by atoms with van der Waals surface area (Å²) in [5.41, 5.74) is 4.91. The summed E-state index contributed by atoms with van der Waals surface area (Å²) in [4.78, 5) is 54.6. The SMILES string of the molecule is CCC(CC)N(C=O)Cc1cccc(C(=O)Nc2sc3c(c2C(=O)Nc2ccc(CCN4CCOCC4)cc2)CCCC3)c1.CCCC(C)(C)C=O.COC. The Balaban J connectivity index is 0.000000649. The van der Waals surface area contributed by atoms with Crippen LogP contribution in [0.15, 0.2) is 48.5 Å². The van der Waals surface area contributed by atoms with Crippen LogP contribution in [0.1, 0.15) is 115 Å². The normalized spacial score (nSPS) is 14.0. The third-order valence-corrected chi connectivity index (χ3v) is 11.2. The highest BCUT2D eigenvalue weighted by atomic mass is 32.1. The lowest BCUT2D eigenvalue weighted by Crippen LogP contribution is -2.37. The standard InChI is InChI=1S/C35H44N4O4S.C7H14O.C2H6O/c1-3-29(4-2)39(24-40)23-26-8-7-9-27(22-26)33(41)37-35-32(30-10-5-6-11-31(30)44-35)34(42)36-28-14-12-25(13-15-28)16-17-38-18-20-43-21-19-38;1-4-5-7(2,3)6-8;1-3-2/h7-9,12-15,22,24,29H,3-6,10-11,16-21,23H2,1-2H3,(H,36,42)(H,37,41);6H,4-5H2,1-3H3;1-2H3. The van der Waals surface area contributed by atoms with E-state index in [9.17, 15) is 19.2 Å². The largest absolute Gasteiger partial charge is 0.388 e. The number of carbonyl (C=O) groups excluding carboxylic acids is 4. The maximum absolute atomic E-state index is 13.7. The van der Waals surface area contributed by atoms with Crippen molar-refractivity contribution in [3.05, 3.63) is 81.2 Å². The van der Waals surface area contributed by atoms with Gasteiger partial charge in [0.05, 0.1) is 18.8 Å². The van der Waals surface area contributed by atoms with E-state index in [1.165, 1.54) is 21.8 Å². The van der Waals surface area contributed by atoms with Gasteiger partial charge in [-0.1, -0.05) is 65.3 Å². The Morgan fingerprint density at radius 2 is 1.62 bits per heavy atom. The fraction of sp³-hybridized carbons (Fsp3) is 0.545. The van der Waals surface area contributed by atoms with E-state index in [0.717, 1.165) is 120 Å². The number of thiophene rings is 1. The lowest BCUT2D eigenvalue weighted by Gasteiger charge is -2.26. The number of anilines is 2. The summed E-state index contributed by atoms with van der Waals surface area (Å²) in [7, 11) is 3.25. The van der Waals surface area contributed by atoms with Crippen molar-refractivity contribution in [1.29, 1.82) is 0 Å². The molecule has 1 aromatic heterocycles. The van der Waals surface area contributed by atoms with E-state index in [-0.39, 0.29) is 23.3 Å². The number of aldehydes is 1. The van der Waals surface area contributed by atoms with Crippen LogP contribution in [-0.4, -0.2) is 87.4 Å². The van der Waals surface area contributed by atoms with E-state index in [1.54, 1.807) is 25.2 Å². The van der Waals surface area contributed by atoms with Crippen LogP contribution in [0.5, 0.6) is 0 Å². The lowest BCUT2D eigenvalue weighted by atomic mass is 9.90. The molecular weight excluding hydrogens is 713 g/mol. The zero-order valence-corrected chi connectivity index (χ0v) is 35.0. The molecule has 2 aliphatic rings. The van der Waals surface area contributed by atoms with Crippen LogP contribution < -0.4 is 10.6 Å². The number of fused-ring (bicyclic) bond motifs is 1. The van der Waals surface area contributed by atoms with Crippen molar-refractivity contribution in [3.8, 4) is 0 Å². The van der Waals surface area contributed by atoms with Gasteiger partial charge in [0.25, 0.3) is 11.8 Å². The Kier molecular flexibility index (Phi) is 19.8. The number of nitrogens with one attached hydrogen (secondary N) is 2. The van der Waals surface area contributed by atoms with Gasteiger partial charge in [-0.2, -0.15) is 0 Å². The van der Waals surface area contributed by atoms with Crippen molar-refractivity contribution in [3.63, 3.8) is 0 Å². The predicted octanol–water partition coefficient (Wildman–Crippen LogP) is 8.43. The van der Waals surface area contributed by atoms with Gasteiger partial charge in [0.1, 0.15) is 11.3 Å². The second kappa shape index (κ2) is 23.9. The van der Waals surface area contributed by atoms with E-state index in [0.29, 0.717) is 22.7 Å². The maximum Gasteiger partial charge on any atom is 0.258 e. The summed E-state index contributed by atoms with van der Waals surface area (Å²) in [5, 5.41) is 6.76. The van der Waals surface area contributed by atoms with Gasteiger partial charge in [-0.05, 0) is 92.3 Å². The molecule has 0 bridgehead atoms. The van der Waals surface area contributed by atoms with E-state index in [2.05, 4.69) is 53.2 Å². The lowest BCUT2D eigenvalue weighted by molar-refractivity contribution is -0.121. The van der Waals surface area contributed by atoms with Crippen molar-refractivity contribution in [2.24, 2.45) is 5.41 Å². The van der Waals surface area contributed by atoms with Gasteiger partial charge in [0, 0.05) is 68.0 Å². The number of benzene rings is 2. The van der Waals surface area contributed by atoms with Crippen molar-refractivity contribution in [1.82, 2.24) is 9.80 Å². The number of methoxy groups -OCH3 is 1. The second-order valence-electron chi connectivity index (χ2n) is 14.9. The monoisotopic (exact) mass is 776 g/mol. The number of aryl methyl sites for hydroxylation is 1. The van der Waals surface area contributed by atoms with Crippen LogP contribution in [0, 0.1) is 5.41 Å². The summed E-state index contributed by atoms with van der Waals surface area (Å²) in [6.45, 7) is 15.1. The van der Waals surface area contributed by atoms with Crippen molar-refractivity contribution < 1.29 is 28.7 Å². The molecule has 2 heterocycles. The smallest absolute Gasteiger partial charge is 0.258 e. The summed E-state index contributed by atoms with van der Waals surface area (Å²) >= 11 is 1.51. The predicted molar refractivity (Wildman–Crippen MR) is 224 cm³/mol. The summed E-state index contributed by atoms with van der Waals surface area (Å²) in [6.07, 6.45) is 10.6. The first-order valence-corrected chi connectivity index (χ1v) is 20.7. The van der Waals surface area contributed by atoms with Crippen LogP contribution in [0.4, 0.5) is 10.7 Å². The number of hydrogen-bond acceptors (Lipinski definition) is 8. The van der Waals surface area contributed by atoms with Gasteiger partial charge < -0.3 is 29.8 Å². The fourth-order valence-electron chi connectivity index (χ4n) is 6.86. The molecule has 302 valence electrons. The number of rotatable bonds is 16. The average molecular weight is 777 g/mol. The molecule has 2 N–H and O–H groups in total. The van der Waals surface area contributed by atoms with Crippen LogP contribution in [0.25, 0.3) is 0 Å².